The van der Waals surface area contributed by atoms with Crippen LogP contribution < -0.4 is 0 Å². The van der Waals surface area contributed by atoms with Gasteiger partial charge in [0.05, 0.1) is 0 Å². The molecule has 0 unspecified atom stereocenters. The van der Waals surface area contributed by atoms with Gasteiger partial charge >= 0.3 is 11.9 Å². The van der Waals surface area contributed by atoms with Crippen LogP contribution in [0, 0.1) is 0 Å². The van der Waals surface area contributed by atoms with Crippen molar-refractivity contribution >= 4 is 20.4 Å². The zero-order chi connectivity index (χ0) is 11.7. The van der Waals surface area contributed by atoms with E-state index >= 15 is 0 Å². The lowest BCUT2D eigenvalue weighted by Crippen LogP contribution is -1.99. The molecule has 2 N–H and O–H groups in total. The van der Waals surface area contributed by atoms with Gasteiger partial charge in [0, 0.05) is 19.0 Å². The average Bonchev–Trinajstić information content (AvgIpc) is 2.16. The van der Waals surface area contributed by atoms with Crippen LogP contribution in [0.4, 0.5) is 0 Å². The van der Waals surface area contributed by atoms with Crippen LogP contribution in [0.25, 0.3) is 0 Å². The van der Waals surface area contributed by atoms with Crippen molar-refractivity contribution < 1.29 is 24.4 Å². The van der Waals surface area contributed by atoms with E-state index < -0.39 is 11.9 Å². The number of rotatable bonds is 8. The molecule has 0 aromatic carbocycles. The monoisotopic (exact) mass is 232 g/mol. The Bertz CT molecular complexity index is 252. The van der Waals surface area contributed by atoms with E-state index in [0.717, 1.165) is 5.57 Å². The highest BCUT2D eigenvalue weighted by molar-refractivity contribution is 7.23. The first-order valence-electron chi connectivity index (χ1n) is 4.47. The molecular formula is C9H13O5P. The second-order valence-electron chi connectivity index (χ2n) is 2.96. The van der Waals surface area contributed by atoms with Crippen molar-refractivity contribution in [3.8, 4) is 0 Å². The van der Waals surface area contributed by atoms with Crippen molar-refractivity contribution in [1.29, 1.82) is 0 Å². The molecule has 15 heavy (non-hydrogen) atoms. The summed E-state index contributed by atoms with van der Waals surface area (Å²) in [5, 5.41) is 16.9. The van der Waals surface area contributed by atoms with Crippen LogP contribution in [0.3, 0.4) is 0 Å². The van der Waals surface area contributed by atoms with Crippen LogP contribution in [0.5, 0.6) is 0 Å². The Morgan fingerprint density at radius 2 is 1.47 bits per heavy atom. The molecule has 0 heterocycles. The van der Waals surface area contributed by atoms with Gasteiger partial charge in [-0.25, -0.2) is 0 Å². The van der Waals surface area contributed by atoms with Gasteiger partial charge in [-0.1, -0.05) is 11.6 Å². The molecule has 0 bridgehead atoms. The van der Waals surface area contributed by atoms with Crippen LogP contribution in [0.1, 0.15) is 25.7 Å². The zero-order valence-corrected chi connectivity index (χ0v) is 9.07. The van der Waals surface area contributed by atoms with E-state index in [1.165, 1.54) is 0 Å². The standard InChI is InChI=1S/C9H13O5P/c10-8(11)3-1-7(5-6-15-14)2-4-9(12)13/h5H,1-4,6H2,(H,10,11)(H,12,13). The first-order chi connectivity index (χ1) is 7.06. The molecule has 5 nitrogen and oxygen atoms in total. The summed E-state index contributed by atoms with van der Waals surface area (Å²) < 4.78 is 10.2. The summed E-state index contributed by atoms with van der Waals surface area (Å²) in [6, 6.07) is 0. The maximum absolute atomic E-state index is 10.3. The number of aliphatic carboxylic acids is 2. The van der Waals surface area contributed by atoms with Crippen molar-refractivity contribution in [3.05, 3.63) is 11.6 Å². The number of hydrogen-bond acceptors (Lipinski definition) is 3. The minimum Gasteiger partial charge on any atom is -0.481 e. The molecule has 0 aliphatic heterocycles. The van der Waals surface area contributed by atoms with E-state index in [1.807, 2.05) is 0 Å². The number of carbonyl (C=O) groups is 2. The fraction of sp³-hybridized carbons (Fsp3) is 0.556. The van der Waals surface area contributed by atoms with Crippen molar-refractivity contribution in [2.24, 2.45) is 0 Å². The summed E-state index contributed by atoms with van der Waals surface area (Å²) in [4.78, 5) is 20.6. The number of carboxylic acids is 2. The SMILES string of the molecule is O=PCC=C(CCC(=O)O)CCC(=O)O. The molecule has 0 spiro atoms. The largest absolute Gasteiger partial charge is 0.481 e. The van der Waals surface area contributed by atoms with E-state index in [4.69, 9.17) is 10.2 Å². The summed E-state index contributed by atoms with van der Waals surface area (Å²) in [6.07, 6.45) is 2.52. The first kappa shape index (κ1) is 13.8. The van der Waals surface area contributed by atoms with Gasteiger partial charge in [0.2, 0.25) is 0 Å². The van der Waals surface area contributed by atoms with Gasteiger partial charge in [-0.05, 0) is 12.8 Å². The Hall–Kier alpha value is -1.22. The highest BCUT2D eigenvalue weighted by atomic mass is 31.1. The summed E-state index contributed by atoms with van der Waals surface area (Å²) in [6.45, 7) is 0. The molecule has 0 saturated heterocycles. The van der Waals surface area contributed by atoms with Gasteiger partial charge in [0.15, 0.2) is 8.46 Å². The second-order valence-corrected chi connectivity index (χ2v) is 3.58. The zero-order valence-electron chi connectivity index (χ0n) is 8.18. The topological polar surface area (TPSA) is 91.7 Å². The number of carboxylic acid groups (broad SMARTS) is 2. The number of hydrogen-bond donors (Lipinski definition) is 2. The van der Waals surface area contributed by atoms with Crippen LogP contribution in [-0.2, 0) is 14.2 Å². The Kier molecular flexibility index (Phi) is 7.46. The molecule has 0 atom stereocenters. The highest BCUT2D eigenvalue weighted by Gasteiger charge is 2.05. The molecule has 0 aromatic heterocycles. The van der Waals surface area contributed by atoms with E-state index in [1.54, 1.807) is 6.08 Å². The molecule has 0 saturated carbocycles. The molecule has 84 valence electrons. The molecule has 0 radical (unpaired) electrons. The van der Waals surface area contributed by atoms with E-state index in [-0.39, 0.29) is 21.3 Å². The smallest absolute Gasteiger partial charge is 0.303 e. The van der Waals surface area contributed by atoms with Gasteiger partial charge in [-0.15, -0.1) is 0 Å². The van der Waals surface area contributed by atoms with Gasteiger partial charge in [-0.3, -0.25) is 14.2 Å². The van der Waals surface area contributed by atoms with Crippen molar-refractivity contribution in [1.82, 2.24) is 0 Å². The first-order valence-corrected chi connectivity index (χ1v) is 5.46. The lowest BCUT2D eigenvalue weighted by molar-refractivity contribution is -0.137. The predicted octanol–water partition coefficient (Wildman–Crippen LogP) is 1.93. The minimum atomic E-state index is -0.920. The Morgan fingerprint density at radius 3 is 1.80 bits per heavy atom. The molecular weight excluding hydrogens is 219 g/mol. The Labute approximate surface area is 89.0 Å². The van der Waals surface area contributed by atoms with Crippen LogP contribution in [-0.4, -0.2) is 28.3 Å². The Balaban J connectivity index is 4.11. The lowest BCUT2D eigenvalue weighted by atomic mass is 10.0. The third-order valence-corrected chi connectivity index (χ3v) is 2.11. The van der Waals surface area contributed by atoms with Gasteiger partial charge in [0.1, 0.15) is 0 Å². The average molecular weight is 232 g/mol. The molecule has 0 rings (SSSR count). The number of allylic oxidation sites excluding steroid dienone is 2. The molecule has 0 fully saturated rings. The van der Waals surface area contributed by atoms with E-state index in [2.05, 4.69) is 0 Å². The van der Waals surface area contributed by atoms with Gasteiger partial charge in [-0.2, -0.15) is 0 Å². The molecule has 0 amide bonds. The maximum atomic E-state index is 10.3. The van der Waals surface area contributed by atoms with E-state index in [9.17, 15) is 14.2 Å². The fourth-order valence-electron chi connectivity index (χ4n) is 1.03. The highest BCUT2D eigenvalue weighted by Crippen LogP contribution is 2.13. The fourth-order valence-corrected chi connectivity index (χ4v) is 1.36. The van der Waals surface area contributed by atoms with E-state index in [0.29, 0.717) is 19.0 Å². The third kappa shape index (κ3) is 9.09. The third-order valence-electron chi connectivity index (χ3n) is 1.77. The summed E-state index contributed by atoms with van der Waals surface area (Å²) in [7, 11) is -0.0478. The normalized spacial score (nSPS) is 9.87. The van der Waals surface area contributed by atoms with Crippen molar-refractivity contribution in [3.63, 3.8) is 0 Å². The molecule has 0 aliphatic carbocycles. The minimum absolute atomic E-state index is 0.0266. The molecule has 0 aromatic rings. The quantitative estimate of drug-likeness (QED) is 0.492. The van der Waals surface area contributed by atoms with Crippen molar-refractivity contribution in [2.75, 3.05) is 6.16 Å². The summed E-state index contributed by atoms with van der Waals surface area (Å²) in [5.74, 6) is -1.84. The molecule has 6 heteroatoms. The second kappa shape index (κ2) is 8.12. The van der Waals surface area contributed by atoms with Crippen molar-refractivity contribution in [2.45, 2.75) is 25.7 Å². The lowest BCUT2D eigenvalue weighted by Gasteiger charge is -2.03. The maximum Gasteiger partial charge on any atom is 0.303 e. The van der Waals surface area contributed by atoms with Crippen LogP contribution >= 0.6 is 8.46 Å². The Morgan fingerprint density at radius 1 is 1.00 bits per heavy atom. The summed E-state index contributed by atoms with van der Waals surface area (Å²) >= 11 is 0. The summed E-state index contributed by atoms with van der Waals surface area (Å²) in [5.41, 5.74) is 0.739. The van der Waals surface area contributed by atoms with Gasteiger partial charge < -0.3 is 10.2 Å². The molecule has 0 aliphatic rings. The van der Waals surface area contributed by atoms with Crippen LogP contribution in [0.15, 0.2) is 11.6 Å². The predicted molar refractivity (Wildman–Crippen MR) is 54.3 cm³/mol. The van der Waals surface area contributed by atoms with Crippen LogP contribution in [0.2, 0.25) is 0 Å². The van der Waals surface area contributed by atoms with Gasteiger partial charge in [0.25, 0.3) is 0 Å².